The molecule has 0 saturated carbocycles. The Morgan fingerprint density at radius 1 is 1.12 bits per heavy atom. The number of hydrogen-bond acceptors (Lipinski definition) is 4. The number of para-hydroxylation sites is 1. The summed E-state index contributed by atoms with van der Waals surface area (Å²) in [5, 5.41) is 4.18. The average Bonchev–Trinajstić information content (AvgIpc) is 3.16. The monoisotopic (exact) mass is 375 g/mol. The van der Waals surface area contributed by atoms with E-state index in [9.17, 15) is 0 Å². The Hall–Kier alpha value is -1.75. The van der Waals surface area contributed by atoms with Gasteiger partial charge in [-0.25, -0.2) is 0 Å². The molecule has 1 atom stereocenters. The maximum Gasteiger partial charge on any atom is 0.166 e. The van der Waals surface area contributed by atoms with Gasteiger partial charge in [-0.05, 0) is 31.9 Å². The topological polar surface area (TPSA) is 39.7 Å². The average molecular weight is 376 g/mol. The van der Waals surface area contributed by atoms with Crippen molar-refractivity contribution in [2.45, 2.75) is 39.0 Å². The molecule has 1 heterocycles. The minimum absolute atomic E-state index is 0.317. The molecule has 1 N–H and O–H groups in total. The molecule has 0 aliphatic carbocycles. The van der Waals surface area contributed by atoms with Crippen LogP contribution in [0.5, 0.6) is 11.5 Å². The van der Waals surface area contributed by atoms with Crippen molar-refractivity contribution < 1.29 is 14.2 Å². The maximum atomic E-state index is 6.25. The van der Waals surface area contributed by atoms with E-state index in [2.05, 4.69) is 11.4 Å². The summed E-state index contributed by atoms with van der Waals surface area (Å²) in [4.78, 5) is 0. The van der Waals surface area contributed by atoms with E-state index in [1.54, 1.807) is 0 Å². The largest absolute Gasteiger partial charge is 0.490 e. The van der Waals surface area contributed by atoms with Crippen LogP contribution in [0.2, 0.25) is 5.02 Å². The van der Waals surface area contributed by atoms with Gasteiger partial charge < -0.3 is 19.5 Å². The second kappa shape index (κ2) is 9.81. The van der Waals surface area contributed by atoms with Crippen molar-refractivity contribution in [1.82, 2.24) is 5.32 Å². The van der Waals surface area contributed by atoms with Gasteiger partial charge in [-0.15, -0.1) is 0 Å². The zero-order chi connectivity index (χ0) is 18.2. The van der Waals surface area contributed by atoms with Crippen LogP contribution >= 0.6 is 11.6 Å². The van der Waals surface area contributed by atoms with Gasteiger partial charge in [0.15, 0.2) is 11.5 Å². The summed E-state index contributed by atoms with van der Waals surface area (Å²) in [5.74, 6) is 1.53. The molecule has 0 unspecified atom stereocenters. The summed E-state index contributed by atoms with van der Waals surface area (Å²) < 4.78 is 17.6. The van der Waals surface area contributed by atoms with Crippen LogP contribution in [0.25, 0.3) is 0 Å². The zero-order valence-electron chi connectivity index (χ0n) is 15.2. The fraction of sp³-hybridized carbons (Fsp3) is 0.429. The van der Waals surface area contributed by atoms with E-state index in [4.69, 9.17) is 25.8 Å². The Balaban J connectivity index is 1.68. The Labute approximate surface area is 160 Å². The predicted octanol–water partition coefficient (Wildman–Crippen LogP) is 4.59. The third kappa shape index (κ3) is 5.13. The first-order valence-corrected chi connectivity index (χ1v) is 9.59. The summed E-state index contributed by atoms with van der Waals surface area (Å²) in [6.07, 6.45) is 2.60. The number of rotatable bonds is 9. The van der Waals surface area contributed by atoms with Crippen molar-refractivity contribution >= 4 is 11.6 Å². The molecule has 26 heavy (non-hydrogen) atoms. The number of nitrogens with one attached hydrogen (secondary N) is 1. The van der Waals surface area contributed by atoms with Gasteiger partial charge in [0.25, 0.3) is 0 Å². The molecule has 2 aromatic carbocycles. The lowest BCUT2D eigenvalue weighted by molar-refractivity contribution is 0.110. The molecule has 5 heteroatoms. The second-order valence-corrected chi connectivity index (χ2v) is 6.73. The van der Waals surface area contributed by atoms with E-state index in [0.717, 1.165) is 48.6 Å². The Bertz CT molecular complexity index is 701. The summed E-state index contributed by atoms with van der Waals surface area (Å²) in [6.45, 7) is 5.40. The fourth-order valence-electron chi connectivity index (χ4n) is 3.07. The highest BCUT2D eigenvalue weighted by molar-refractivity contribution is 6.31. The molecular formula is C21H26ClNO3. The molecule has 0 amide bonds. The minimum Gasteiger partial charge on any atom is -0.490 e. The molecule has 1 aliphatic heterocycles. The van der Waals surface area contributed by atoms with Crippen molar-refractivity contribution in [2.24, 2.45) is 0 Å². The quantitative estimate of drug-likeness (QED) is 0.696. The van der Waals surface area contributed by atoms with Crippen LogP contribution in [0.3, 0.4) is 0 Å². The van der Waals surface area contributed by atoms with Crippen molar-refractivity contribution in [2.75, 3.05) is 19.8 Å². The lowest BCUT2D eigenvalue weighted by Gasteiger charge is -2.17. The molecular weight excluding hydrogens is 350 g/mol. The van der Waals surface area contributed by atoms with Crippen LogP contribution in [0, 0.1) is 0 Å². The first-order valence-electron chi connectivity index (χ1n) is 9.21. The molecule has 1 saturated heterocycles. The standard InChI is InChI=1S/C21H26ClNO3/c1-2-24-20-11-5-8-16(13-23-14-18-9-6-12-25-18)21(20)26-15-17-7-3-4-10-19(17)22/h3-5,7-8,10-11,18,23H,2,6,9,12-15H2,1H3/t18-/m1/s1. The molecule has 2 aromatic rings. The van der Waals surface area contributed by atoms with Gasteiger partial charge in [0.1, 0.15) is 6.61 Å². The van der Waals surface area contributed by atoms with Crippen LogP contribution in [-0.2, 0) is 17.9 Å². The molecule has 0 spiro atoms. The van der Waals surface area contributed by atoms with E-state index in [1.165, 1.54) is 0 Å². The first-order chi connectivity index (χ1) is 12.8. The maximum absolute atomic E-state index is 6.25. The summed E-state index contributed by atoms with van der Waals surface area (Å²) >= 11 is 6.25. The predicted molar refractivity (Wildman–Crippen MR) is 104 cm³/mol. The van der Waals surface area contributed by atoms with E-state index < -0.39 is 0 Å². The van der Waals surface area contributed by atoms with E-state index in [1.807, 2.05) is 43.3 Å². The molecule has 3 rings (SSSR count). The molecule has 1 fully saturated rings. The molecule has 0 radical (unpaired) electrons. The van der Waals surface area contributed by atoms with Crippen molar-refractivity contribution in [3.05, 3.63) is 58.6 Å². The van der Waals surface area contributed by atoms with Crippen molar-refractivity contribution in [1.29, 1.82) is 0 Å². The summed E-state index contributed by atoms with van der Waals surface area (Å²) in [6, 6.07) is 13.7. The molecule has 0 aromatic heterocycles. The first kappa shape index (κ1) is 19.0. The van der Waals surface area contributed by atoms with E-state index >= 15 is 0 Å². The van der Waals surface area contributed by atoms with Crippen LogP contribution in [0.4, 0.5) is 0 Å². The fourth-order valence-corrected chi connectivity index (χ4v) is 3.26. The number of hydrogen-bond donors (Lipinski definition) is 1. The van der Waals surface area contributed by atoms with Crippen molar-refractivity contribution in [3.8, 4) is 11.5 Å². The van der Waals surface area contributed by atoms with Gasteiger partial charge >= 0.3 is 0 Å². The van der Waals surface area contributed by atoms with Crippen LogP contribution < -0.4 is 14.8 Å². The van der Waals surface area contributed by atoms with Gasteiger partial charge in [-0.2, -0.15) is 0 Å². The smallest absolute Gasteiger partial charge is 0.166 e. The zero-order valence-corrected chi connectivity index (χ0v) is 15.9. The third-order valence-electron chi connectivity index (χ3n) is 4.40. The molecule has 140 valence electrons. The second-order valence-electron chi connectivity index (χ2n) is 6.32. The highest BCUT2D eigenvalue weighted by Gasteiger charge is 2.16. The van der Waals surface area contributed by atoms with Crippen molar-refractivity contribution in [3.63, 3.8) is 0 Å². The van der Waals surface area contributed by atoms with Gasteiger partial charge in [-0.3, -0.25) is 0 Å². The molecule has 0 bridgehead atoms. The van der Waals surface area contributed by atoms with Crippen LogP contribution in [-0.4, -0.2) is 25.9 Å². The number of benzene rings is 2. The van der Waals surface area contributed by atoms with Gasteiger partial charge in [-0.1, -0.05) is 41.9 Å². The lowest BCUT2D eigenvalue weighted by Crippen LogP contribution is -2.26. The SMILES string of the molecule is CCOc1cccc(CNC[C@H]2CCCO2)c1OCc1ccccc1Cl. The lowest BCUT2D eigenvalue weighted by atomic mass is 10.1. The van der Waals surface area contributed by atoms with Gasteiger partial charge in [0.05, 0.1) is 12.7 Å². The Kier molecular flexibility index (Phi) is 7.18. The Morgan fingerprint density at radius 3 is 2.73 bits per heavy atom. The summed E-state index contributed by atoms with van der Waals surface area (Å²) in [5.41, 5.74) is 2.03. The van der Waals surface area contributed by atoms with Crippen LogP contribution in [0.15, 0.2) is 42.5 Å². The summed E-state index contributed by atoms with van der Waals surface area (Å²) in [7, 11) is 0. The highest BCUT2D eigenvalue weighted by Crippen LogP contribution is 2.32. The van der Waals surface area contributed by atoms with Crippen LogP contribution in [0.1, 0.15) is 30.9 Å². The van der Waals surface area contributed by atoms with Gasteiger partial charge in [0, 0.05) is 35.8 Å². The van der Waals surface area contributed by atoms with Gasteiger partial charge in [0.2, 0.25) is 0 Å². The Morgan fingerprint density at radius 2 is 1.96 bits per heavy atom. The van der Waals surface area contributed by atoms with E-state index in [-0.39, 0.29) is 0 Å². The highest BCUT2D eigenvalue weighted by atomic mass is 35.5. The molecule has 1 aliphatic rings. The third-order valence-corrected chi connectivity index (χ3v) is 4.77. The number of halogens is 1. The minimum atomic E-state index is 0.317. The normalized spacial score (nSPS) is 16.6. The molecule has 4 nitrogen and oxygen atoms in total. The van der Waals surface area contributed by atoms with E-state index in [0.29, 0.717) is 30.9 Å². The number of ether oxygens (including phenoxy) is 3.